The molecule has 2 rings (SSSR count). The Morgan fingerprint density at radius 1 is 1.26 bits per heavy atom. The molecule has 23 heavy (non-hydrogen) atoms. The molecular formula is C17H23NO5. The molecule has 0 aliphatic heterocycles. The van der Waals surface area contributed by atoms with Crippen LogP contribution in [-0.4, -0.2) is 53.3 Å². The van der Waals surface area contributed by atoms with E-state index in [1.807, 2.05) is 30.3 Å². The van der Waals surface area contributed by atoms with Crippen molar-refractivity contribution in [2.45, 2.75) is 25.6 Å². The Labute approximate surface area is 135 Å². The van der Waals surface area contributed by atoms with Gasteiger partial charge in [0.25, 0.3) is 0 Å². The lowest BCUT2D eigenvalue weighted by molar-refractivity contribution is -0.156. The second kappa shape index (κ2) is 8.08. The number of carbonyl (C=O) groups excluding carboxylic acids is 1. The van der Waals surface area contributed by atoms with Gasteiger partial charge in [-0.1, -0.05) is 30.3 Å². The lowest BCUT2D eigenvalue weighted by atomic mass is 9.73. The van der Waals surface area contributed by atoms with Gasteiger partial charge >= 0.3 is 5.97 Å². The molecule has 1 fully saturated rings. The molecular weight excluding hydrogens is 298 g/mol. The van der Waals surface area contributed by atoms with E-state index in [2.05, 4.69) is 0 Å². The first-order valence-electron chi connectivity index (χ1n) is 7.76. The standard InChI is InChI=1S/C17H23NO5/c1-18(16(20)14-7-8-15(14)17(21)22)9-13(19)11-23-10-12-5-3-2-4-6-12/h2-6,13-15,19H,7-11H2,1H3,(H,21,22). The van der Waals surface area contributed by atoms with E-state index < -0.39 is 23.9 Å². The van der Waals surface area contributed by atoms with Crippen LogP contribution >= 0.6 is 0 Å². The molecule has 126 valence electrons. The Morgan fingerprint density at radius 3 is 2.48 bits per heavy atom. The van der Waals surface area contributed by atoms with Crippen LogP contribution in [0.5, 0.6) is 0 Å². The van der Waals surface area contributed by atoms with E-state index in [1.54, 1.807) is 7.05 Å². The third kappa shape index (κ3) is 4.77. The predicted octanol–water partition coefficient (Wildman–Crippen LogP) is 1.13. The number of likely N-dealkylation sites (N-methyl/N-ethyl adjacent to an activating group) is 1. The second-order valence-corrected chi connectivity index (χ2v) is 6.00. The van der Waals surface area contributed by atoms with E-state index in [0.29, 0.717) is 19.4 Å². The van der Waals surface area contributed by atoms with E-state index in [0.717, 1.165) is 5.56 Å². The number of hydrogen-bond donors (Lipinski definition) is 2. The summed E-state index contributed by atoms with van der Waals surface area (Å²) in [5, 5.41) is 19.0. The van der Waals surface area contributed by atoms with E-state index in [9.17, 15) is 14.7 Å². The molecule has 1 amide bonds. The molecule has 0 spiro atoms. The summed E-state index contributed by atoms with van der Waals surface area (Å²) in [6.07, 6.45) is 0.347. The van der Waals surface area contributed by atoms with Crippen LogP contribution in [0.4, 0.5) is 0 Å². The number of aliphatic hydroxyl groups is 1. The molecule has 2 N–H and O–H groups in total. The van der Waals surface area contributed by atoms with Crippen LogP contribution in [-0.2, 0) is 20.9 Å². The lowest BCUT2D eigenvalue weighted by Gasteiger charge is -2.35. The molecule has 1 aromatic carbocycles. The minimum absolute atomic E-state index is 0.125. The van der Waals surface area contributed by atoms with Gasteiger partial charge in [-0.15, -0.1) is 0 Å². The van der Waals surface area contributed by atoms with Crippen LogP contribution in [0.2, 0.25) is 0 Å². The number of nitrogens with zero attached hydrogens (tertiary/aromatic N) is 1. The van der Waals surface area contributed by atoms with Crippen LogP contribution in [0.1, 0.15) is 18.4 Å². The highest BCUT2D eigenvalue weighted by atomic mass is 16.5. The zero-order chi connectivity index (χ0) is 16.8. The number of ether oxygens (including phenoxy) is 1. The first-order chi connectivity index (χ1) is 11.0. The van der Waals surface area contributed by atoms with Crippen LogP contribution < -0.4 is 0 Å². The third-order valence-corrected chi connectivity index (χ3v) is 4.19. The average Bonchev–Trinajstić information content (AvgIpc) is 2.46. The maximum absolute atomic E-state index is 12.2. The smallest absolute Gasteiger partial charge is 0.307 e. The minimum Gasteiger partial charge on any atom is -0.481 e. The number of benzene rings is 1. The highest BCUT2D eigenvalue weighted by molar-refractivity contribution is 5.86. The van der Waals surface area contributed by atoms with Gasteiger partial charge in [-0.2, -0.15) is 0 Å². The second-order valence-electron chi connectivity index (χ2n) is 6.00. The molecule has 0 bridgehead atoms. The Morgan fingerprint density at radius 2 is 1.91 bits per heavy atom. The number of rotatable bonds is 8. The van der Waals surface area contributed by atoms with Gasteiger partial charge in [0.1, 0.15) is 0 Å². The SMILES string of the molecule is CN(CC(O)COCc1ccccc1)C(=O)C1CCC1C(=O)O. The first kappa shape index (κ1) is 17.4. The molecule has 6 nitrogen and oxygen atoms in total. The van der Waals surface area contributed by atoms with Gasteiger partial charge in [0.2, 0.25) is 5.91 Å². The molecule has 3 unspecified atom stereocenters. The monoisotopic (exact) mass is 321 g/mol. The summed E-state index contributed by atoms with van der Waals surface area (Å²) >= 11 is 0. The third-order valence-electron chi connectivity index (χ3n) is 4.19. The Bertz CT molecular complexity index is 533. The zero-order valence-corrected chi connectivity index (χ0v) is 13.2. The van der Waals surface area contributed by atoms with Gasteiger partial charge in [-0.3, -0.25) is 9.59 Å². The molecule has 6 heteroatoms. The molecule has 1 aliphatic rings. The van der Waals surface area contributed by atoms with Crippen molar-refractivity contribution < 1.29 is 24.5 Å². The van der Waals surface area contributed by atoms with Gasteiger partial charge in [0.05, 0.1) is 31.2 Å². The van der Waals surface area contributed by atoms with Crippen molar-refractivity contribution in [2.75, 3.05) is 20.2 Å². The van der Waals surface area contributed by atoms with E-state index in [-0.39, 0.29) is 19.1 Å². The number of hydrogen-bond acceptors (Lipinski definition) is 4. The number of aliphatic hydroxyl groups excluding tert-OH is 1. The van der Waals surface area contributed by atoms with Gasteiger partial charge < -0.3 is 19.8 Å². The van der Waals surface area contributed by atoms with E-state index in [1.165, 1.54) is 4.90 Å². The van der Waals surface area contributed by atoms with Crippen molar-refractivity contribution in [3.63, 3.8) is 0 Å². The first-order valence-corrected chi connectivity index (χ1v) is 7.76. The van der Waals surface area contributed by atoms with Crippen LogP contribution in [0.15, 0.2) is 30.3 Å². The summed E-state index contributed by atoms with van der Waals surface area (Å²) in [5.41, 5.74) is 1.02. The van der Waals surface area contributed by atoms with Crippen molar-refractivity contribution >= 4 is 11.9 Å². The van der Waals surface area contributed by atoms with Crippen LogP contribution in [0.25, 0.3) is 0 Å². The van der Waals surface area contributed by atoms with Crippen LogP contribution in [0, 0.1) is 11.8 Å². The molecule has 0 radical (unpaired) electrons. The van der Waals surface area contributed by atoms with Crippen molar-refractivity contribution in [1.29, 1.82) is 0 Å². The molecule has 1 saturated carbocycles. The summed E-state index contributed by atoms with van der Waals surface area (Å²) in [6.45, 7) is 0.662. The predicted molar refractivity (Wildman–Crippen MR) is 83.6 cm³/mol. The average molecular weight is 321 g/mol. The maximum Gasteiger partial charge on any atom is 0.307 e. The summed E-state index contributed by atoms with van der Waals surface area (Å²) in [5.74, 6) is -2.19. The van der Waals surface area contributed by atoms with Crippen LogP contribution in [0.3, 0.4) is 0 Å². The molecule has 0 saturated heterocycles. The van der Waals surface area contributed by atoms with Gasteiger partial charge in [0, 0.05) is 13.6 Å². The highest BCUT2D eigenvalue weighted by Crippen LogP contribution is 2.35. The van der Waals surface area contributed by atoms with Gasteiger partial charge in [-0.05, 0) is 18.4 Å². The van der Waals surface area contributed by atoms with Crippen molar-refractivity contribution in [3.8, 4) is 0 Å². The topological polar surface area (TPSA) is 87.1 Å². The fraction of sp³-hybridized carbons (Fsp3) is 0.529. The van der Waals surface area contributed by atoms with Crippen molar-refractivity contribution in [2.24, 2.45) is 11.8 Å². The Balaban J connectivity index is 1.71. The quantitative estimate of drug-likeness (QED) is 0.749. The molecule has 3 atom stereocenters. The maximum atomic E-state index is 12.2. The minimum atomic E-state index is -0.922. The van der Waals surface area contributed by atoms with E-state index in [4.69, 9.17) is 9.84 Å². The largest absolute Gasteiger partial charge is 0.481 e. The number of amides is 1. The summed E-state index contributed by atoms with van der Waals surface area (Å²) in [7, 11) is 1.58. The molecule has 1 aromatic rings. The number of carbonyl (C=O) groups is 2. The number of carboxylic acid groups (broad SMARTS) is 1. The van der Waals surface area contributed by atoms with Crippen molar-refractivity contribution in [1.82, 2.24) is 4.90 Å². The normalized spacial score (nSPS) is 21.3. The van der Waals surface area contributed by atoms with E-state index >= 15 is 0 Å². The lowest BCUT2D eigenvalue weighted by Crippen LogP contribution is -2.47. The highest BCUT2D eigenvalue weighted by Gasteiger charge is 2.42. The Kier molecular flexibility index (Phi) is 6.12. The molecule has 0 heterocycles. The fourth-order valence-electron chi connectivity index (χ4n) is 2.72. The Hall–Kier alpha value is -1.92. The summed E-state index contributed by atoms with van der Waals surface area (Å²) < 4.78 is 5.44. The van der Waals surface area contributed by atoms with Gasteiger partial charge in [-0.25, -0.2) is 0 Å². The number of aliphatic carboxylic acids is 1. The summed E-state index contributed by atoms with van der Waals surface area (Å²) in [4.78, 5) is 24.6. The molecule has 0 aromatic heterocycles. The molecule has 1 aliphatic carbocycles. The number of carboxylic acids is 1. The zero-order valence-electron chi connectivity index (χ0n) is 13.2. The summed E-state index contributed by atoms with van der Waals surface area (Å²) in [6, 6.07) is 9.62. The van der Waals surface area contributed by atoms with Gasteiger partial charge in [0.15, 0.2) is 0 Å². The van der Waals surface area contributed by atoms with Crippen molar-refractivity contribution in [3.05, 3.63) is 35.9 Å². The fourth-order valence-corrected chi connectivity index (χ4v) is 2.72.